The smallest absolute Gasteiger partial charge is 0.756 e. The Kier molecular flexibility index (Phi) is 10.5. The summed E-state index contributed by atoms with van der Waals surface area (Å²) in [5.74, 6) is 0. The van der Waals surface area contributed by atoms with E-state index in [1.807, 2.05) is 0 Å². The van der Waals surface area contributed by atoms with Crippen LogP contribution in [-0.4, -0.2) is 21.9 Å². The first-order chi connectivity index (χ1) is 7.51. The molecule has 4 atom stereocenters. The molecule has 1 aliphatic rings. The molecule has 112 valence electrons. The molecule has 0 aromatic rings. The van der Waals surface area contributed by atoms with Gasteiger partial charge in [0.25, 0.3) is 15.6 Å². The summed E-state index contributed by atoms with van der Waals surface area (Å²) in [5.41, 5.74) is 11.3. The molecule has 0 spiro atoms. The number of hydrogen-bond acceptors (Lipinski definition) is 7. The third kappa shape index (κ3) is 13.3. The average molecular weight is 485 g/mol. The van der Waals surface area contributed by atoms with E-state index in [0.717, 1.165) is 12.8 Å². The predicted molar refractivity (Wildman–Crippen MR) is 55.2 cm³/mol. The summed E-state index contributed by atoms with van der Waals surface area (Å²) in [5, 5.41) is 0. The van der Waals surface area contributed by atoms with Gasteiger partial charge in [-0.05, 0) is 12.8 Å². The molecule has 0 amide bonds. The van der Waals surface area contributed by atoms with Crippen molar-refractivity contribution >= 4 is 15.6 Å². The quantitative estimate of drug-likeness (QED) is 0.326. The van der Waals surface area contributed by atoms with Gasteiger partial charge in [0.1, 0.15) is 0 Å². The van der Waals surface area contributed by atoms with E-state index in [4.69, 9.17) is 21.3 Å². The zero-order valence-corrected chi connectivity index (χ0v) is 13.3. The van der Waals surface area contributed by atoms with Gasteiger partial charge in [0.2, 0.25) is 0 Å². The Bertz CT molecular complexity index is 289. The first kappa shape index (κ1) is 21.2. The third-order valence-electron chi connectivity index (χ3n) is 2.08. The van der Waals surface area contributed by atoms with Gasteiger partial charge in [-0.3, -0.25) is 9.13 Å². The monoisotopic (exact) mass is 485 g/mol. The first-order valence-corrected chi connectivity index (χ1v) is 7.80. The second-order valence-corrected chi connectivity index (χ2v) is 6.16. The fourth-order valence-electron chi connectivity index (χ4n) is 1.32. The van der Waals surface area contributed by atoms with E-state index in [0.29, 0.717) is 0 Å². The van der Waals surface area contributed by atoms with Crippen LogP contribution in [0.25, 0.3) is 0 Å². The molecule has 0 aromatic heterocycles. The molecule has 0 saturated heterocycles. The van der Waals surface area contributed by atoms with Gasteiger partial charge in [-0.25, -0.2) is 4.31 Å². The number of rotatable bonds is 2. The SMILES string of the molecule is N[C@@H]1CCCC[C@@H]1N.O=P([O-])(O)OP(=O)([O-])O.[Pt+2]. The van der Waals surface area contributed by atoms with Crippen molar-refractivity contribution in [2.24, 2.45) is 11.5 Å². The Balaban J connectivity index is 0. The molecule has 0 radical (unpaired) electrons. The maximum Gasteiger partial charge on any atom is 2.00 e. The predicted octanol–water partition coefficient (Wildman–Crippen LogP) is -1.86. The first-order valence-electron chi connectivity index (χ1n) is 4.81. The molecule has 0 heterocycles. The van der Waals surface area contributed by atoms with Crippen LogP contribution in [0.3, 0.4) is 0 Å². The molecular formula is C6H16N2O7P2Pt. The summed E-state index contributed by atoms with van der Waals surface area (Å²) in [6.45, 7) is 0. The second-order valence-electron chi connectivity index (χ2n) is 3.63. The van der Waals surface area contributed by atoms with Crippen LogP contribution in [0, 0.1) is 0 Å². The van der Waals surface area contributed by atoms with E-state index in [-0.39, 0.29) is 33.1 Å². The van der Waals surface area contributed by atoms with Crippen LogP contribution in [0.5, 0.6) is 0 Å². The van der Waals surface area contributed by atoms with Crippen molar-refractivity contribution in [2.75, 3.05) is 0 Å². The minimum absolute atomic E-state index is 0. The molecule has 0 aromatic carbocycles. The molecule has 0 bridgehead atoms. The summed E-state index contributed by atoms with van der Waals surface area (Å²) < 4.78 is 21.7. The van der Waals surface area contributed by atoms with E-state index < -0.39 is 15.6 Å². The van der Waals surface area contributed by atoms with Crippen LogP contribution in [0.1, 0.15) is 25.7 Å². The minimum atomic E-state index is -5.36. The third-order valence-corrected chi connectivity index (χ3v) is 3.73. The molecule has 2 unspecified atom stereocenters. The topological polar surface area (TPSA) is 182 Å². The van der Waals surface area contributed by atoms with E-state index >= 15 is 0 Å². The van der Waals surface area contributed by atoms with Crippen LogP contribution < -0.4 is 21.3 Å². The summed E-state index contributed by atoms with van der Waals surface area (Å²) in [6.07, 6.45) is 4.80. The Morgan fingerprint density at radius 1 is 1.00 bits per heavy atom. The summed E-state index contributed by atoms with van der Waals surface area (Å²) in [7, 11) is -10.7. The molecule has 18 heavy (non-hydrogen) atoms. The van der Waals surface area contributed by atoms with E-state index in [2.05, 4.69) is 4.31 Å². The molecule has 1 rings (SSSR count). The maximum absolute atomic E-state index is 9.48. The Morgan fingerprint density at radius 2 is 1.28 bits per heavy atom. The fraction of sp³-hybridized carbons (Fsp3) is 1.00. The van der Waals surface area contributed by atoms with Crippen LogP contribution in [0.4, 0.5) is 0 Å². The fourth-order valence-corrected chi connectivity index (χ4v) is 2.36. The Hall–Kier alpha value is 0.868. The largest absolute Gasteiger partial charge is 2.00 e. The van der Waals surface area contributed by atoms with E-state index in [1.54, 1.807) is 0 Å². The molecule has 6 N–H and O–H groups in total. The van der Waals surface area contributed by atoms with Crippen LogP contribution in [0.15, 0.2) is 0 Å². The zero-order chi connectivity index (χ0) is 13.7. The minimum Gasteiger partial charge on any atom is -0.756 e. The standard InChI is InChI=1S/C6H14N2.H4O7P2.Pt/c7-5-3-1-2-4-6(5)8;1-8(2,3)7-9(4,5)6;/h5-6H,1-4,7-8H2;(H2,1,2,3)(H2,4,5,6);/q;;+2/p-2/t5-,6+;;. The van der Waals surface area contributed by atoms with Gasteiger partial charge in [0.15, 0.2) is 0 Å². The van der Waals surface area contributed by atoms with Crippen molar-refractivity contribution < 1.29 is 54.1 Å². The van der Waals surface area contributed by atoms with Crippen LogP contribution >= 0.6 is 15.6 Å². The zero-order valence-electron chi connectivity index (χ0n) is 9.28. The molecule has 9 nitrogen and oxygen atoms in total. The Labute approximate surface area is 119 Å². The normalized spacial score (nSPS) is 29.9. The Morgan fingerprint density at radius 3 is 1.39 bits per heavy atom. The van der Waals surface area contributed by atoms with Crippen LogP contribution in [-0.2, 0) is 34.5 Å². The van der Waals surface area contributed by atoms with Gasteiger partial charge in [0, 0.05) is 12.1 Å². The summed E-state index contributed by atoms with van der Waals surface area (Å²) in [6, 6.07) is 0.562. The van der Waals surface area contributed by atoms with Gasteiger partial charge < -0.3 is 31.0 Å². The summed E-state index contributed by atoms with van der Waals surface area (Å²) in [4.78, 5) is 34.1. The summed E-state index contributed by atoms with van der Waals surface area (Å²) >= 11 is 0. The van der Waals surface area contributed by atoms with Gasteiger partial charge in [0.05, 0.1) is 0 Å². The average Bonchev–Trinajstić information content (AvgIpc) is 2.04. The van der Waals surface area contributed by atoms with Crippen molar-refractivity contribution in [2.45, 2.75) is 37.8 Å². The van der Waals surface area contributed by atoms with Crippen molar-refractivity contribution in [1.29, 1.82) is 0 Å². The van der Waals surface area contributed by atoms with Gasteiger partial charge in [-0.15, -0.1) is 0 Å². The number of hydrogen-bond donors (Lipinski definition) is 4. The van der Waals surface area contributed by atoms with Crippen molar-refractivity contribution in [3.05, 3.63) is 0 Å². The van der Waals surface area contributed by atoms with Crippen molar-refractivity contribution in [3.8, 4) is 0 Å². The molecule has 12 heteroatoms. The van der Waals surface area contributed by atoms with E-state index in [9.17, 15) is 18.9 Å². The number of phosphoric acid groups is 2. The van der Waals surface area contributed by atoms with Crippen molar-refractivity contribution in [1.82, 2.24) is 0 Å². The molecule has 1 aliphatic carbocycles. The van der Waals surface area contributed by atoms with Gasteiger partial charge in [-0.2, -0.15) is 0 Å². The molecule has 1 saturated carbocycles. The maximum atomic E-state index is 9.48. The number of nitrogens with two attached hydrogens (primary N) is 2. The van der Waals surface area contributed by atoms with E-state index in [1.165, 1.54) is 12.8 Å². The van der Waals surface area contributed by atoms with Crippen LogP contribution in [0.2, 0.25) is 0 Å². The van der Waals surface area contributed by atoms with Crippen molar-refractivity contribution in [3.63, 3.8) is 0 Å². The van der Waals surface area contributed by atoms with Gasteiger partial charge >= 0.3 is 21.1 Å². The molecular weight excluding hydrogens is 469 g/mol. The molecule has 0 aliphatic heterocycles. The second kappa shape index (κ2) is 8.92. The molecule has 1 fully saturated rings. The van der Waals surface area contributed by atoms with Gasteiger partial charge in [-0.1, -0.05) is 12.8 Å².